The molecule has 1 N–H and O–H groups in total. The summed E-state index contributed by atoms with van der Waals surface area (Å²) in [6.45, 7) is 1.46. The molecule has 10 nitrogen and oxygen atoms in total. The molecule has 5 rings (SSSR count). The van der Waals surface area contributed by atoms with Crippen LogP contribution in [0, 0.1) is 6.92 Å². The molecule has 0 bridgehead atoms. The molecule has 0 radical (unpaired) electrons. The minimum atomic E-state index is -4.01. The van der Waals surface area contributed by atoms with E-state index in [-0.39, 0.29) is 35.2 Å². The standard InChI is InChI=1S/C36H34BrClN4O6S2/c1-27-7-17-34(18-8-27)50(46,47)42(24-29-9-13-31(38)14-10-29)25-33-16-15-32(48-33)23-39-40-36(43)26-41(22-21-28-5-3-2-4-6-28)49(44,45)35-19-11-30(37)12-20-35/h2-20,23H,21-22,24-26H2,1H3,(H,40,43)/b39-23-. The first-order valence-electron chi connectivity index (χ1n) is 15.4. The van der Waals surface area contributed by atoms with Gasteiger partial charge in [-0.05, 0) is 85.1 Å². The third kappa shape index (κ3) is 9.99. The number of hydrazone groups is 1. The smallest absolute Gasteiger partial charge is 0.255 e. The Hall–Kier alpha value is -4.11. The number of halogens is 2. The van der Waals surface area contributed by atoms with Crippen molar-refractivity contribution in [2.24, 2.45) is 5.10 Å². The Morgan fingerprint density at radius 1 is 0.780 bits per heavy atom. The maximum Gasteiger partial charge on any atom is 0.255 e. The zero-order valence-corrected chi connectivity index (χ0v) is 30.9. The van der Waals surface area contributed by atoms with Crippen molar-refractivity contribution in [1.29, 1.82) is 0 Å². The molecule has 0 atom stereocenters. The predicted molar refractivity (Wildman–Crippen MR) is 197 cm³/mol. The Bertz CT molecular complexity index is 2140. The van der Waals surface area contributed by atoms with Gasteiger partial charge in [0.2, 0.25) is 20.0 Å². The maximum absolute atomic E-state index is 13.7. The first kappa shape index (κ1) is 37.2. The van der Waals surface area contributed by atoms with Gasteiger partial charge in [-0.15, -0.1) is 0 Å². The summed E-state index contributed by atoms with van der Waals surface area (Å²) < 4.78 is 63.4. The van der Waals surface area contributed by atoms with Crippen molar-refractivity contribution in [1.82, 2.24) is 14.0 Å². The third-order valence-electron chi connectivity index (χ3n) is 7.59. The lowest BCUT2D eigenvalue weighted by Gasteiger charge is -2.21. The zero-order valence-electron chi connectivity index (χ0n) is 26.9. The fraction of sp³-hybridized carbons (Fsp3) is 0.167. The summed E-state index contributed by atoms with van der Waals surface area (Å²) in [7, 11) is -7.93. The van der Waals surface area contributed by atoms with Crippen molar-refractivity contribution in [3.8, 4) is 0 Å². The third-order valence-corrected chi connectivity index (χ3v) is 12.0. The van der Waals surface area contributed by atoms with Gasteiger partial charge in [-0.25, -0.2) is 22.3 Å². The number of hydrogen-bond donors (Lipinski definition) is 1. The lowest BCUT2D eigenvalue weighted by atomic mass is 10.1. The summed E-state index contributed by atoms with van der Waals surface area (Å²) in [4.78, 5) is 13.2. The highest BCUT2D eigenvalue weighted by Crippen LogP contribution is 2.24. The fourth-order valence-corrected chi connectivity index (χ4v) is 8.08. The highest BCUT2D eigenvalue weighted by atomic mass is 79.9. The van der Waals surface area contributed by atoms with Crippen LogP contribution >= 0.6 is 27.5 Å². The second kappa shape index (κ2) is 16.7. The minimum Gasteiger partial charge on any atom is -0.459 e. The van der Waals surface area contributed by atoms with E-state index in [4.69, 9.17) is 16.0 Å². The molecule has 50 heavy (non-hydrogen) atoms. The number of sulfonamides is 2. The normalized spacial score (nSPS) is 12.2. The van der Waals surface area contributed by atoms with Crippen LogP contribution in [-0.4, -0.2) is 50.7 Å². The number of aryl methyl sites for hydroxylation is 1. The lowest BCUT2D eigenvalue weighted by Crippen LogP contribution is -2.40. The summed E-state index contributed by atoms with van der Waals surface area (Å²) in [5.74, 6) is -0.0573. The van der Waals surface area contributed by atoms with E-state index in [1.165, 1.54) is 22.7 Å². The van der Waals surface area contributed by atoms with Gasteiger partial charge in [0.25, 0.3) is 5.91 Å². The van der Waals surface area contributed by atoms with Crippen LogP contribution in [0.25, 0.3) is 0 Å². The molecule has 0 saturated carbocycles. The van der Waals surface area contributed by atoms with Crippen LogP contribution in [-0.2, 0) is 44.4 Å². The van der Waals surface area contributed by atoms with Gasteiger partial charge in [-0.3, -0.25) is 4.79 Å². The van der Waals surface area contributed by atoms with E-state index in [0.717, 1.165) is 25.5 Å². The van der Waals surface area contributed by atoms with Crippen LogP contribution in [0.3, 0.4) is 0 Å². The number of furan rings is 1. The Morgan fingerprint density at radius 2 is 1.40 bits per heavy atom. The summed E-state index contributed by atoms with van der Waals surface area (Å²) in [5, 5.41) is 4.50. The monoisotopic (exact) mass is 796 g/mol. The topological polar surface area (TPSA) is 129 Å². The van der Waals surface area contributed by atoms with E-state index in [9.17, 15) is 21.6 Å². The second-order valence-corrected chi connectivity index (χ2v) is 16.6. The second-order valence-electron chi connectivity index (χ2n) is 11.3. The van der Waals surface area contributed by atoms with Gasteiger partial charge in [0, 0.05) is 22.6 Å². The summed E-state index contributed by atoms with van der Waals surface area (Å²) in [6.07, 6.45) is 1.66. The number of nitrogens with one attached hydrogen (secondary N) is 1. The number of carbonyl (C=O) groups is 1. The van der Waals surface area contributed by atoms with Crippen LogP contribution in [0.1, 0.15) is 28.2 Å². The Kier molecular flexibility index (Phi) is 12.4. The average Bonchev–Trinajstić information content (AvgIpc) is 3.55. The molecule has 0 aliphatic carbocycles. The number of benzene rings is 4. The molecule has 14 heteroatoms. The lowest BCUT2D eigenvalue weighted by molar-refractivity contribution is -0.121. The van der Waals surface area contributed by atoms with Crippen molar-refractivity contribution >= 4 is 59.7 Å². The molecule has 0 saturated heterocycles. The summed E-state index contributed by atoms with van der Waals surface area (Å²) in [6, 6.07) is 32.3. The molecular weight excluding hydrogens is 764 g/mol. The van der Waals surface area contributed by atoms with E-state index in [0.29, 0.717) is 17.2 Å². The highest BCUT2D eigenvalue weighted by molar-refractivity contribution is 9.10. The molecule has 5 aromatic rings. The van der Waals surface area contributed by atoms with Gasteiger partial charge in [-0.2, -0.15) is 13.7 Å². The van der Waals surface area contributed by atoms with Crippen LogP contribution in [0.2, 0.25) is 5.02 Å². The molecule has 260 valence electrons. The largest absolute Gasteiger partial charge is 0.459 e. The van der Waals surface area contributed by atoms with Gasteiger partial charge in [0.05, 0.1) is 29.1 Å². The van der Waals surface area contributed by atoms with Crippen molar-refractivity contribution < 1.29 is 26.0 Å². The van der Waals surface area contributed by atoms with Crippen molar-refractivity contribution in [2.75, 3.05) is 13.1 Å². The number of amides is 1. The van der Waals surface area contributed by atoms with Crippen LogP contribution in [0.5, 0.6) is 0 Å². The fourth-order valence-electron chi connectivity index (χ4n) is 4.90. The van der Waals surface area contributed by atoms with Crippen LogP contribution in [0.4, 0.5) is 0 Å². The molecule has 0 fully saturated rings. The molecule has 4 aromatic carbocycles. The van der Waals surface area contributed by atoms with Gasteiger partial charge < -0.3 is 4.42 Å². The van der Waals surface area contributed by atoms with E-state index >= 15 is 0 Å². The van der Waals surface area contributed by atoms with Crippen molar-refractivity contribution in [2.45, 2.75) is 36.2 Å². The average molecular weight is 798 g/mol. The van der Waals surface area contributed by atoms with Gasteiger partial charge in [0.15, 0.2) is 0 Å². The number of hydrogen-bond acceptors (Lipinski definition) is 7. The number of rotatable bonds is 15. The molecule has 0 spiro atoms. The van der Waals surface area contributed by atoms with E-state index < -0.39 is 32.5 Å². The predicted octanol–water partition coefficient (Wildman–Crippen LogP) is 6.78. The van der Waals surface area contributed by atoms with E-state index in [2.05, 4.69) is 26.5 Å². The molecule has 1 amide bonds. The van der Waals surface area contributed by atoms with Crippen molar-refractivity contribution in [3.05, 3.63) is 153 Å². The van der Waals surface area contributed by atoms with Crippen LogP contribution in [0.15, 0.2) is 139 Å². The van der Waals surface area contributed by atoms with Crippen LogP contribution < -0.4 is 5.43 Å². The van der Waals surface area contributed by atoms with Gasteiger partial charge >= 0.3 is 0 Å². The molecular formula is C36H34BrClN4O6S2. The Morgan fingerprint density at radius 3 is 2.06 bits per heavy atom. The van der Waals surface area contributed by atoms with E-state index in [1.807, 2.05) is 37.3 Å². The maximum atomic E-state index is 13.7. The molecule has 0 unspecified atom stereocenters. The van der Waals surface area contributed by atoms with Gasteiger partial charge in [0.1, 0.15) is 11.5 Å². The van der Waals surface area contributed by atoms with Gasteiger partial charge in [-0.1, -0.05) is 87.7 Å². The molecule has 0 aliphatic rings. The Balaban J connectivity index is 1.27. The van der Waals surface area contributed by atoms with E-state index in [1.54, 1.807) is 72.8 Å². The molecule has 1 aromatic heterocycles. The quantitative estimate of drug-likeness (QED) is 0.0920. The molecule has 1 heterocycles. The number of nitrogens with zero attached hydrogens (tertiary/aromatic N) is 3. The number of carbonyl (C=O) groups excluding carboxylic acids is 1. The highest BCUT2D eigenvalue weighted by Gasteiger charge is 2.28. The SMILES string of the molecule is Cc1ccc(S(=O)(=O)N(Cc2ccc(Cl)cc2)Cc2ccc(/C=N\NC(=O)CN(CCc3ccccc3)S(=O)(=O)c3ccc(Br)cc3)o2)cc1. The molecule has 0 aliphatic heterocycles. The Labute approximate surface area is 305 Å². The zero-order chi connectivity index (χ0) is 35.7. The minimum absolute atomic E-state index is 0.0580. The van der Waals surface area contributed by atoms with Crippen molar-refractivity contribution in [3.63, 3.8) is 0 Å². The first-order valence-corrected chi connectivity index (χ1v) is 19.5. The summed E-state index contributed by atoms with van der Waals surface area (Å²) >= 11 is 9.36. The summed E-state index contributed by atoms with van der Waals surface area (Å²) in [5.41, 5.74) is 4.96. The first-order chi connectivity index (χ1) is 23.9.